The summed E-state index contributed by atoms with van der Waals surface area (Å²) < 4.78 is 4.90. The molecule has 3 N–H and O–H groups in total. The zero-order valence-corrected chi connectivity index (χ0v) is 12.4. The Hall–Kier alpha value is -2.08. The zero-order chi connectivity index (χ0) is 15.4. The first-order chi connectivity index (χ1) is 10.0. The van der Waals surface area contributed by atoms with Crippen molar-refractivity contribution >= 4 is 17.7 Å². The number of hydrogen-bond acceptors (Lipinski definition) is 4. The molecular weight excluding hydrogens is 270 g/mol. The number of fused-ring (bicyclic) bond motifs is 1. The lowest BCUT2D eigenvalue weighted by Gasteiger charge is -2.27. The van der Waals surface area contributed by atoms with Crippen LogP contribution in [-0.2, 0) is 16.1 Å². The van der Waals surface area contributed by atoms with E-state index in [0.717, 1.165) is 16.8 Å². The summed E-state index contributed by atoms with van der Waals surface area (Å²) in [6.07, 6.45) is 0.850. The summed E-state index contributed by atoms with van der Waals surface area (Å²) in [7, 11) is 1.74. The maximum Gasteiger partial charge on any atom is 0.321 e. The van der Waals surface area contributed by atoms with E-state index < -0.39 is 0 Å². The van der Waals surface area contributed by atoms with Crippen molar-refractivity contribution < 1.29 is 14.3 Å². The molecule has 1 unspecified atom stereocenters. The molecule has 6 heteroatoms. The quantitative estimate of drug-likeness (QED) is 0.813. The van der Waals surface area contributed by atoms with Gasteiger partial charge in [-0.15, -0.1) is 0 Å². The highest BCUT2D eigenvalue weighted by Crippen LogP contribution is 2.26. The molecule has 1 atom stereocenters. The normalized spacial score (nSPS) is 15.2. The van der Waals surface area contributed by atoms with Gasteiger partial charge in [0.05, 0.1) is 6.61 Å². The topological polar surface area (TPSA) is 84.7 Å². The SMILES string of the molecule is CCOC(=O)CCC(N)c1ccc2c(c1)CN(C)C(=O)N2. The van der Waals surface area contributed by atoms with Crippen LogP contribution in [0, 0.1) is 0 Å². The summed E-state index contributed by atoms with van der Waals surface area (Å²) in [5, 5.41) is 2.81. The van der Waals surface area contributed by atoms with Crippen LogP contribution in [-0.4, -0.2) is 30.6 Å². The minimum absolute atomic E-state index is 0.109. The minimum atomic E-state index is -0.224. The monoisotopic (exact) mass is 291 g/mol. The van der Waals surface area contributed by atoms with Crippen molar-refractivity contribution in [1.29, 1.82) is 0 Å². The van der Waals surface area contributed by atoms with Crippen LogP contribution >= 0.6 is 0 Å². The molecule has 1 aromatic carbocycles. The van der Waals surface area contributed by atoms with Gasteiger partial charge in [-0.2, -0.15) is 0 Å². The number of urea groups is 1. The van der Waals surface area contributed by atoms with E-state index in [9.17, 15) is 9.59 Å². The molecule has 0 bridgehead atoms. The number of carbonyl (C=O) groups excluding carboxylic acids is 2. The van der Waals surface area contributed by atoms with Crippen LogP contribution in [0.25, 0.3) is 0 Å². The van der Waals surface area contributed by atoms with Crippen molar-refractivity contribution in [3.8, 4) is 0 Å². The molecule has 1 aromatic rings. The summed E-state index contributed by atoms with van der Waals surface area (Å²) in [6.45, 7) is 2.73. The Labute approximate surface area is 124 Å². The molecule has 0 saturated carbocycles. The fourth-order valence-corrected chi connectivity index (χ4v) is 2.31. The van der Waals surface area contributed by atoms with E-state index in [4.69, 9.17) is 10.5 Å². The molecule has 6 nitrogen and oxygen atoms in total. The predicted octanol–water partition coefficient (Wildman–Crippen LogP) is 2.01. The summed E-state index contributed by atoms with van der Waals surface area (Å²) in [4.78, 5) is 24.5. The van der Waals surface area contributed by atoms with Crippen LogP contribution in [0.4, 0.5) is 10.5 Å². The highest BCUT2D eigenvalue weighted by molar-refractivity contribution is 5.92. The first-order valence-electron chi connectivity index (χ1n) is 7.07. The van der Waals surface area contributed by atoms with Crippen LogP contribution in [0.15, 0.2) is 18.2 Å². The maximum atomic E-state index is 11.6. The standard InChI is InChI=1S/C15H21N3O3/c1-3-21-14(19)7-5-12(16)10-4-6-13-11(8-10)9-18(2)15(20)17-13/h4,6,8,12H,3,5,7,9,16H2,1-2H3,(H,17,20). The van der Waals surface area contributed by atoms with Gasteiger partial charge in [-0.1, -0.05) is 12.1 Å². The van der Waals surface area contributed by atoms with E-state index in [1.54, 1.807) is 18.9 Å². The Morgan fingerprint density at radius 2 is 2.29 bits per heavy atom. The van der Waals surface area contributed by atoms with Gasteiger partial charge in [0.25, 0.3) is 0 Å². The lowest BCUT2D eigenvalue weighted by molar-refractivity contribution is -0.143. The Morgan fingerprint density at radius 3 is 3.00 bits per heavy atom. The van der Waals surface area contributed by atoms with Crippen LogP contribution in [0.5, 0.6) is 0 Å². The van der Waals surface area contributed by atoms with E-state index in [1.807, 2.05) is 18.2 Å². The molecule has 0 aromatic heterocycles. The first-order valence-corrected chi connectivity index (χ1v) is 7.07. The smallest absolute Gasteiger partial charge is 0.321 e. The number of esters is 1. The van der Waals surface area contributed by atoms with Crippen LogP contribution < -0.4 is 11.1 Å². The zero-order valence-electron chi connectivity index (χ0n) is 12.4. The van der Waals surface area contributed by atoms with Gasteiger partial charge in [0, 0.05) is 31.7 Å². The second-order valence-electron chi connectivity index (χ2n) is 5.15. The molecule has 0 spiro atoms. The van der Waals surface area contributed by atoms with Gasteiger partial charge in [-0.3, -0.25) is 4.79 Å². The number of carbonyl (C=O) groups is 2. The van der Waals surface area contributed by atoms with E-state index >= 15 is 0 Å². The third kappa shape index (κ3) is 3.72. The van der Waals surface area contributed by atoms with Gasteiger partial charge in [-0.25, -0.2) is 4.79 Å². The van der Waals surface area contributed by atoms with Gasteiger partial charge in [0.2, 0.25) is 0 Å². The Morgan fingerprint density at radius 1 is 1.52 bits per heavy atom. The number of hydrogen-bond donors (Lipinski definition) is 2. The minimum Gasteiger partial charge on any atom is -0.466 e. The number of ether oxygens (including phenoxy) is 1. The Kier molecular flexibility index (Phi) is 4.80. The van der Waals surface area contributed by atoms with E-state index in [1.165, 1.54) is 0 Å². The van der Waals surface area contributed by atoms with Gasteiger partial charge >= 0.3 is 12.0 Å². The van der Waals surface area contributed by atoms with Crippen molar-refractivity contribution in [3.05, 3.63) is 29.3 Å². The highest BCUT2D eigenvalue weighted by Gasteiger charge is 2.20. The fraction of sp³-hybridized carbons (Fsp3) is 0.467. The summed E-state index contributed by atoms with van der Waals surface area (Å²) in [5.41, 5.74) is 8.93. The molecule has 0 fully saturated rings. The number of nitrogens with one attached hydrogen (secondary N) is 1. The molecule has 2 rings (SSSR count). The number of anilines is 1. The van der Waals surface area contributed by atoms with Gasteiger partial charge in [0.1, 0.15) is 0 Å². The van der Waals surface area contributed by atoms with Gasteiger partial charge in [0.15, 0.2) is 0 Å². The Bertz CT molecular complexity index is 545. The van der Waals surface area contributed by atoms with Crippen LogP contribution in [0.3, 0.4) is 0 Å². The van der Waals surface area contributed by atoms with Crippen molar-refractivity contribution in [1.82, 2.24) is 4.90 Å². The fourth-order valence-electron chi connectivity index (χ4n) is 2.31. The molecule has 0 aliphatic carbocycles. The molecule has 1 aliphatic heterocycles. The molecule has 0 radical (unpaired) electrons. The second-order valence-corrected chi connectivity index (χ2v) is 5.15. The summed E-state index contributed by atoms with van der Waals surface area (Å²) in [6, 6.07) is 5.41. The maximum absolute atomic E-state index is 11.6. The van der Waals surface area contributed by atoms with Crippen molar-refractivity contribution in [2.45, 2.75) is 32.4 Å². The number of benzene rings is 1. The molecule has 1 heterocycles. The van der Waals surface area contributed by atoms with Crippen LogP contribution in [0.2, 0.25) is 0 Å². The number of nitrogens with zero attached hydrogens (tertiary/aromatic N) is 1. The average Bonchev–Trinajstić information content (AvgIpc) is 2.46. The molecule has 0 saturated heterocycles. The van der Waals surface area contributed by atoms with Gasteiger partial charge < -0.3 is 20.7 Å². The molecule has 114 valence electrons. The number of amides is 2. The van der Waals surface area contributed by atoms with E-state index in [0.29, 0.717) is 26.0 Å². The van der Waals surface area contributed by atoms with Gasteiger partial charge in [-0.05, 0) is 30.5 Å². The van der Waals surface area contributed by atoms with Crippen LogP contribution in [0.1, 0.15) is 36.9 Å². The van der Waals surface area contributed by atoms with Crippen molar-refractivity contribution in [2.24, 2.45) is 5.73 Å². The second kappa shape index (κ2) is 6.58. The lowest BCUT2D eigenvalue weighted by atomic mass is 9.98. The van der Waals surface area contributed by atoms with E-state index in [-0.39, 0.29) is 18.0 Å². The molecular formula is C15H21N3O3. The van der Waals surface area contributed by atoms with Crippen molar-refractivity contribution in [3.63, 3.8) is 0 Å². The molecule has 1 aliphatic rings. The average molecular weight is 291 g/mol. The highest BCUT2D eigenvalue weighted by atomic mass is 16.5. The third-order valence-electron chi connectivity index (χ3n) is 3.52. The lowest BCUT2D eigenvalue weighted by Crippen LogP contribution is -2.35. The molecule has 21 heavy (non-hydrogen) atoms. The number of rotatable bonds is 5. The largest absolute Gasteiger partial charge is 0.466 e. The van der Waals surface area contributed by atoms with Crippen molar-refractivity contribution in [2.75, 3.05) is 19.0 Å². The number of nitrogens with two attached hydrogens (primary N) is 1. The Balaban J connectivity index is 2.03. The first kappa shape index (κ1) is 15.3. The third-order valence-corrected chi connectivity index (χ3v) is 3.52. The predicted molar refractivity (Wildman–Crippen MR) is 79.7 cm³/mol. The summed E-state index contributed by atoms with van der Waals surface area (Å²) in [5.74, 6) is -0.224. The van der Waals surface area contributed by atoms with E-state index in [2.05, 4.69) is 5.32 Å². The molecule has 2 amide bonds. The summed E-state index contributed by atoms with van der Waals surface area (Å²) >= 11 is 0.